The summed E-state index contributed by atoms with van der Waals surface area (Å²) in [6, 6.07) is 0. The van der Waals surface area contributed by atoms with E-state index in [0.717, 1.165) is 0 Å². The van der Waals surface area contributed by atoms with Gasteiger partial charge in [0.25, 0.3) is 0 Å². The molecular weight excluding hydrogens is 256 g/mol. The van der Waals surface area contributed by atoms with Crippen LogP contribution in [0.3, 0.4) is 0 Å². The smallest absolute Gasteiger partial charge is 0.00518 e. The van der Waals surface area contributed by atoms with Crippen molar-refractivity contribution >= 4 is 31.9 Å². The summed E-state index contributed by atoms with van der Waals surface area (Å²) in [7, 11) is 0. The Morgan fingerprint density at radius 2 is 1.10 bits per heavy atom. The van der Waals surface area contributed by atoms with Gasteiger partial charge in [-0.15, -0.1) is 0 Å². The molecule has 0 aromatic rings. The van der Waals surface area contributed by atoms with Crippen LogP contribution < -0.4 is 0 Å². The maximum atomic E-state index is 3.57. The molecule has 0 unspecified atom stereocenters. The molecule has 0 saturated heterocycles. The second kappa shape index (κ2) is 4.55. The molecule has 0 aliphatic heterocycles. The second-order valence-electron chi connectivity index (χ2n) is 2.72. The standard InChI is InChI=1S/C8H12Br2/c9-7-5-3-1-2-4-6-8(7)10/h1-6H2/b8-7+. The van der Waals surface area contributed by atoms with Crippen LogP contribution in [0.25, 0.3) is 0 Å². The van der Waals surface area contributed by atoms with Gasteiger partial charge in [0.05, 0.1) is 0 Å². The zero-order chi connectivity index (χ0) is 7.40. The highest BCUT2D eigenvalue weighted by atomic mass is 79.9. The van der Waals surface area contributed by atoms with E-state index in [1.165, 1.54) is 47.5 Å². The van der Waals surface area contributed by atoms with Gasteiger partial charge in [-0.25, -0.2) is 0 Å². The van der Waals surface area contributed by atoms with Crippen molar-refractivity contribution in [2.45, 2.75) is 38.5 Å². The van der Waals surface area contributed by atoms with Crippen molar-refractivity contribution < 1.29 is 0 Å². The van der Waals surface area contributed by atoms with Gasteiger partial charge in [-0.3, -0.25) is 0 Å². The molecule has 0 fully saturated rings. The molecule has 0 nitrogen and oxygen atoms in total. The molecule has 1 aliphatic rings. The highest BCUT2D eigenvalue weighted by molar-refractivity contribution is 9.14. The van der Waals surface area contributed by atoms with Gasteiger partial charge in [0, 0.05) is 8.96 Å². The van der Waals surface area contributed by atoms with Crippen LogP contribution in [0.1, 0.15) is 38.5 Å². The van der Waals surface area contributed by atoms with E-state index >= 15 is 0 Å². The van der Waals surface area contributed by atoms with Crippen LogP contribution in [0.2, 0.25) is 0 Å². The van der Waals surface area contributed by atoms with Crippen molar-refractivity contribution in [3.05, 3.63) is 8.96 Å². The Labute approximate surface area is 79.3 Å². The lowest BCUT2D eigenvalue weighted by Crippen LogP contribution is -1.87. The average molecular weight is 268 g/mol. The molecule has 0 heterocycles. The van der Waals surface area contributed by atoms with Gasteiger partial charge in [-0.2, -0.15) is 0 Å². The summed E-state index contributed by atoms with van der Waals surface area (Å²) in [5.41, 5.74) is 0. The van der Waals surface area contributed by atoms with Crippen molar-refractivity contribution in [3.63, 3.8) is 0 Å². The molecule has 1 aliphatic carbocycles. The van der Waals surface area contributed by atoms with Crippen LogP contribution in [0.4, 0.5) is 0 Å². The molecule has 0 atom stereocenters. The largest absolute Gasteiger partial charge is 0.0548 e. The number of hydrogen-bond acceptors (Lipinski definition) is 0. The van der Waals surface area contributed by atoms with Gasteiger partial charge in [-0.05, 0) is 25.7 Å². The molecule has 1 rings (SSSR count). The highest BCUT2D eigenvalue weighted by Crippen LogP contribution is 2.30. The summed E-state index contributed by atoms with van der Waals surface area (Å²) in [5.74, 6) is 0. The summed E-state index contributed by atoms with van der Waals surface area (Å²) < 4.78 is 2.76. The third-order valence-corrected chi connectivity index (χ3v) is 4.12. The van der Waals surface area contributed by atoms with Crippen LogP contribution in [0.5, 0.6) is 0 Å². The summed E-state index contributed by atoms with van der Waals surface area (Å²) in [4.78, 5) is 0. The molecule has 2 heteroatoms. The quantitative estimate of drug-likeness (QED) is 0.613. The van der Waals surface area contributed by atoms with Crippen LogP contribution in [0.15, 0.2) is 8.96 Å². The molecule has 0 spiro atoms. The molecular formula is C8H12Br2. The van der Waals surface area contributed by atoms with E-state index in [-0.39, 0.29) is 0 Å². The minimum Gasteiger partial charge on any atom is -0.0548 e. The van der Waals surface area contributed by atoms with Gasteiger partial charge in [0.2, 0.25) is 0 Å². The summed E-state index contributed by atoms with van der Waals surface area (Å²) in [6.07, 6.45) is 7.93. The number of allylic oxidation sites excluding steroid dienone is 2. The maximum absolute atomic E-state index is 3.57. The Kier molecular flexibility index (Phi) is 4.00. The van der Waals surface area contributed by atoms with Crippen molar-refractivity contribution in [2.24, 2.45) is 0 Å². The Bertz CT molecular complexity index is 122. The lowest BCUT2D eigenvalue weighted by molar-refractivity contribution is 0.633. The average Bonchev–Trinajstić information content (AvgIpc) is 1.92. The molecule has 0 saturated carbocycles. The lowest BCUT2D eigenvalue weighted by atomic mass is 10.1. The van der Waals surface area contributed by atoms with E-state index in [9.17, 15) is 0 Å². The first-order valence-electron chi connectivity index (χ1n) is 3.84. The topological polar surface area (TPSA) is 0 Å². The fourth-order valence-corrected chi connectivity index (χ4v) is 2.14. The molecule has 0 amide bonds. The van der Waals surface area contributed by atoms with Crippen LogP contribution in [-0.2, 0) is 0 Å². The highest BCUT2D eigenvalue weighted by Gasteiger charge is 2.04. The minimum absolute atomic E-state index is 1.22. The molecule has 0 aromatic carbocycles. The van der Waals surface area contributed by atoms with Gasteiger partial charge >= 0.3 is 0 Å². The van der Waals surface area contributed by atoms with E-state index in [1.807, 2.05) is 0 Å². The summed E-state index contributed by atoms with van der Waals surface area (Å²) >= 11 is 7.14. The van der Waals surface area contributed by atoms with Crippen molar-refractivity contribution in [3.8, 4) is 0 Å². The van der Waals surface area contributed by atoms with Crippen molar-refractivity contribution in [1.29, 1.82) is 0 Å². The molecule has 0 N–H and O–H groups in total. The van der Waals surface area contributed by atoms with Gasteiger partial charge < -0.3 is 0 Å². The second-order valence-corrected chi connectivity index (χ2v) is 4.64. The van der Waals surface area contributed by atoms with E-state index in [2.05, 4.69) is 31.9 Å². The first-order valence-corrected chi connectivity index (χ1v) is 5.42. The first kappa shape index (κ1) is 8.79. The Morgan fingerprint density at radius 1 is 0.700 bits per heavy atom. The van der Waals surface area contributed by atoms with E-state index in [1.54, 1.807) is 0 Å². The van der Waals surface area contributed by atoms with Gasteiger partial charge in [0.1, 0.15) is 0 Å². The zero-order valence-electron chi connectivity index (χ0n) is 6.00. The lowest BCUT2D eigenvalue weighted by Gasteiger charge is -2.08. The van der Waals surface area contributed by atoms with Crippen molar-refractivity contribution in [2.75, 3.05) is 0 Å². The normalized spacial score (nSPS) is 29.4. The predicted molar refractivity (Wildman–Crippen MR) is 52.6 cm³/mol. The van der Waals surface area contributed by atoms with Gasteiger partial charge in [0.15, 0.2) is 0 Å². The third-order valence-electron chi connectivity index (χ3n) is 1.84. The number of halogens is 2. The third kappa shape index (κ3) is 2.75. The summed E-state index contributed by atoms with van der Waals surface area (Å²) in [6.45, 7) is 0. The van der Waals surface area contributed by atoms with Crippen molar-refractivity contribution in [1.82, 2.24) is 0 Å². The number of hydrogen-bond donors (Lipinski definition) is 0. The number of rotatable bonds is 0. The molecule has 10 heavy (non-hydrogen) atoms. The van der Waals surface area contributed by atoms with E-state index in [4.69, 9.17) is 0 Å². The Hall–Kier alpha value is 0.700. The zero-order valence-corrected chi connectivity index (χ0v) is 9.17. The fourth-order valence-electron chi connectivity index (χ4n) is 1.19. The van der Waals surface area contributed by atoms with Gasteiger partial charge in [-0.1, -0.05) is 44.7 Å². The van der Waals surface area contributed by atoms with E-state index in [0.29, 0.717) is 0 Å². The fraction of sp³-hybridized carbons (Fsp3) is 0.750. The SMILES string of the molecule is Br/C1=C(/Br)CCCCCC1. The predicted octanol–water partition coefficient (Wildman–Crippen LogP) is 4.34. The molecule has 0 bridgehead atoms. The molecule has 58 valence electrons. The van der Waals surface area contributed by atoms with Crippen LogP contribution >= 0.6 is 31.9 Å². The Morgan fingerprint density at radius 3 is 1.50 bits per heavy atom. The first-order chi connectivity index (χ1) is 4.80. The van der Waals surface area contributed by atoms with Crippen LogP contribution in [-0.4, -0.2) is 0 Å². The minimum atomic E-state index is 1.22. The Balaban J connectivity index is 2.51. The maximum Gasteiger partial charge on any atom is 0.00518 e. The summed E-state index contributed by atoms with van der Waals surface area (Å²) in [5, 5.41) is 0. The van der Waals surface area contributed by atoms with Crippen LogP contribution in [0, 0.1) is 0 Å². The molecule has 0 aromatic heterocycles. The van der Waals surface area contributed by atoms with E-state index < -0.39 is 0 Å². The monoisotopic (exact) mass is 266 g/mol. The molecule has 0 radical (unpaired) electrons.